The molecule has 1 fully saturated rings. The van der Waals surface area contributed by atoms with Gasteiger partial charge in [0, 0.05) is 24.2 Å². The van der Waals surface area contributed by atoms with Crippen molar-refractivity contribution in [2.75, 3.05) is 7.11 Å². The third-order valence-electron chi connectivity index (χ3n) is 3.78. The highest BCUT2D eigenvalue weighted by atomic mass is 19.1. The minimum Gasteiger partial charge on any atom is -0.497 e. The smallest absolute Gasteiger partial charge is 0.131 e. The Labute approximate surface area is 109 Å². The van der Waals surface area contributed by atoms with Crippen LogP contribution in [0.2, 0.25) is 0 Å². The molecule has 1 aliphatic carbocycles. The molecule has 1 aromatic rings. The minimum absolute atomic E-state index is 0.189. The van der Waals surface area contributed by atoms with Gasteiger partial charge in [-0.3, -0.25) is 0 Å². The molecule has 0 radical (unpaired) electrons. The zero-order valence-corrected chi connectivity index (χ0v) is 11.2. The first-order valence-corrected chi connectivity index (χ1v) is 6.75. The number of hydrogen-bond acceptors (Lipinski definition) is 2. The van der Waals surface area contributed by atoms with Crippen molar-refractivity contribution in [1.82, 2.24) is 5.32 Å². The standard InChI is InChI=1S/C15H22FNO/c1-11-4-3-5-13(8-11)17-10-12-6-7-14(18-2)9-15(12)16/h6-7,9,11,13,17H,3-5,8,10H2,1-2H3. The molecule has 0 saturated heterocycles. The van der Waals surface area contributed by atoms with E-state index in [2.05, 4.69) is 12.2 Å². The number of ether oxygens (including phenoxy) is 1. The molecule has 0 spiro atoms. The van der Waals surface area contributed by atoms with Crippen LogP contribution in [0.3, 0.4) is 0 Å². The third-order valence-corrected chi connectivity index (χ3v) is 3.78. The monoisotopic (exact) mass is 251 g/mol. The molecule has 2 nitrogen and oxygen atoms in total. The summed E-state index contributed by atoms with van der Waals surface area (Å²) >= 11 is 0. The first kappa shape index (κ1) is 13.3. The summed E-state index contributed by atoms with van der Waals surface area (Å²) in [4.78, 5) is 0. The maximum atomic E-state index is 13.7. The molecule has 2 rings (SSSR count). The molecule has 1 aliphatic rings. The van der Waals surface area contributed by atoms with Crippen LogP contribution in [-0.2, 0) is 6.54 Å². The first-order valence-electron chi connectivity index (χ1n) is 6.75. The van der Waals surface area contributed by atoms with Gasteiger partial charge in [-0.05, 0) is 24.8 Å². The van der Waals surface area contributed by atoms with E-state index in [9.17, 15) is 4.39 Å². The molecule has 0 aliphatic heterocycles. The Bertz CT molecular complexity index is 394. The maximum absolute atomic E-state index is 13.7. The quantitative estimate of drug-likeness (QED) is 0.884. The number of methoxy groups -OCH3 is 1. The van der Waals surface area contributed by atoms with Crippen molar-refractivity contribution in [1.29, 1.82) is 0 Å². The second-order valence-corrected chi connectivity index (χ2v) is 5.31. The molecule has 0 aromatic heterocycles. The van der Waals surface area contributed by atoms with Gasteiger partial charge in [0.25, 0.3) is 0 Å². The Morgan fingerprint density at radius 2 is 2.22 bits per heavy atom. The number of rotatable bonds is 4. The van der Waals surface area contributed by atoms with Crippen molar-refractivity contribution < 1.29 is 9.13 Å². The molecule has 100 valence electrons. The lowest BCUT2D eigenvalue weighted by Gasteiger charge is -2.27. The van der Waals surface area contributed by atoms with Crippen molar-refractivity contribution in [2.24, 2.45) is 5.92 Å². The maximum Gasteiger partial charge on any atom is 0.131 e. The lowest BCUT2D eigenvalue weighted by Crippen LogP contribution is -2.33. The molecule has 0 bridgehead atoms. The second-order valence-electron chi connectivity index (χ2n) is 5.31. The van der Waals surface area contributed by atoms with Crippen LogP contribution in [0, 0.1) is 11.7 Å². The predicted molar refractivity (Wildman–Crippen MR) is 71.2 cm³/mol. The van der Waals surface area contributed by atoms with Crippen LogP contribution in [-0.4, -0.2) is 13.2 Å². The van der Waals surface area contributed by atoms with Crippen LogP contribution in [0.1, 0.15) is 38.2 Å². The fraction of sp³-hybridized carbons (Fsp3) is 0.600. The average Bonchev–Trinajstić information content (AvgIpc) is 2.37. The summed E-state index contributed by atoms with van der Waals surface area (Å²) in [5.74, 6) is 1.17. The number of benzene rings is 1. The van der Waals surface area contributed by atoms with E-state index in [0.717, 1.165) is 5.92 Å². The van der Waals surface area contributed by atoms with Gasteiger partial charge >= 0.3 is 0 Å². The van der Waals surface area contributed by atoms with Gasteiger partial charge in [-0.25, -0.2) is 4.39 Å². The van der Waals surface area contributed by atoms with E-state index in [1.807, 2.05) is 6.07 Å². The highest BCUT2D eigenvalue weighted by molar-refractivity contribution is 5.28. The van der Waals surface area contributed by atoms with E-state index in [-0.39, 0.29) is 5.82 Å². The SMILES string of the molecule is COc1ccc(CNC2CCCC(C)C2)c(F)c1. The average molecular weight is 251 g/mol. The van der Waals surface area contributed by atoms with E-state index in [4.69, 9.17) is 4.74 Å². The molecule has 3 heteroatoms. The van der Waals surface area contributed by atoms with E-state index >= 15 is 0 Å². The third kappa shape index (κ3) is 3.45. The van der Waals surface area contributed by atoms with Crippen molar-refractivity contribution >= 4 is 0 Å². The lowest BCUT2D eigenvalue weighted by atomic mass is 9.87. The van der Waals surface area contributed by atoms with Gasteiger partial charge < -0.3 is 10.1 Å². The first-order chi connectivity index (χ1) is 8.69. The molecule has 0 heterocycles. The van der Waals surface area contributed by atoms with Gasteiger partial charge in [0.05, 0.1) is 7.11 Å². The number of hydrogen-bond donors (Lipinski definition) is 1. The molecule has 18 heavy (non-hydrogen) atoms. The molecule has 1 saturated carbocycles. The summed E-state index contributed by atoms with van der Waals surface area (Å²) in [7, 11) is 1.55. The van der Waals surface area contributed by atoms with Crippen LogP contribution < -0.4 is 10.1 Å². The molecular formula is C15H22FNO. The van der Waals surface area contributed by atoms with Crippen LogP contribution >= 0.6 is 0 Å². The van der Waals surface area contributed by atoms with E-state index in [1.54, 1.807) is 13.2 Å². The fourth-order valence-corrected chi connectivity index (χ4v) is 2.67. The number of nitrogens with one attached hydrogen (secondary N) is 1. The van der Waals surface area contributed by atoms with Crippen LogP contribution in [0.5, 0.6) is 5.75 Å². The number of halogens is 1. The van der Waals surface area contributed by atoms with E-state index < -0.39 is 0 Å². The van der Waals surface area contributed by atoms with Gasteiger partial charge in [0.1, 0.15) is 11.6 Å². The van der Waals surface area contributed by atoms with Gasteiger partial charge in [-0.1, -0.05) is 25.8 Å². The van der Waals surface area contributed by atoms with Gasteiger partial charge in [-0.15, -0.1) is 0 Å². The summed E-state index contributed by atoms with van der Waals surface area (Å²) in [5.41, 5.74) is 0.717. The Kier molecular flexibility index (Phi) is 4.59. The second kappa shape index (κ2) is 6.19. The topological polar surface area (TPSA) is 21.3 Å². The molecule has 2 atom stereocenters. The van der Waals surface area contributed by atoms with E-state index in [0.29, 0.717) is 23.9 Å². The molecule has 1 aromatic carbocycles. The fourth-order valence-electron chi connectivity index (χ4n) is 2.67. The zero-order chi connectivity index (χ0) is 13.0. The minimum atomic E-state index is -0.189. The van der Waals surface area contributed by atoms with Gasteiger partial charge in [-0.2, -0.15) is 0 Å². The Morgan fingerprint density at radius 1 is 1.39 bits per heavy atom. The Hall–Kier alpha value is -1.09. The molecule has 0 amide bonds. The summed E-state index contributed by atoms with van der Waals surface area (Å²) in [6.07, 6.45) is 5.03. The summed E-state index contributed by atoms with van der Waals surface area (Å²) < 4.78 is 18.7. The Morgan fingerprint density at radius 3 is 2.89 bits per heavy atom. The van der Waals surface area contributed by atoms with Crippen molar-refractivity contribution in [3.8, 4) is 5.75 Å². The zero-order valence-electron chi connectivity index (χ0n) is 11.2. The summed E-state index contributed by atoms with van der Waals surface area (Å²) in [5, 5.41) is 3.47. The van der Waals surface area contributed by atoms with Gasteiger partial charge in [0.15, 0.2) is 0 Å². The molecular weight excluding hydrogens is 229 g/mol. The van der Waals surface area contributed by atoms with Crippen LogP contribution in [0.4, 0.5) is 4.39 Å². The summed E-state index contributed by atoms with van der Waals surface area (Å²) in [6, 6.07) is 5.59. The van der Waals surface area contributed by atoms with Crippen molar-refractivity contribution in [2.45, 2.75) is 45.2 Å². The Balaban J connectivity index is 1.89. The normalized spacial score (nSPS) is 23.9. The van der Waals surface area contributed by atoms with Crippen LogP contribution in [0.25, 0.3) is 0 Å². The largest absolute Gasteiger partial charge is 0.497 e. The highest BCUT2D eigenvalue weighted by Crippen LogP contribution is 2.24. The highest BCUT2D eigenvalue weighted by Gasteiger charge is 2.18. The lowest BCUT2D eigenvalue weighted by molar-refractivity contribution is 0.299. The molecule has 2 unspecified atom stereocenters. The van der Waals surface area contributed by atoms with E-state index in [1.165, 1.54) is 31.7 Å². The van der Waals surface area contributed by atoms with Crippen LogP contribution in [0.15, 0.2) is 18.2 Å². The van der Waals surface area contributed by atoms with Crippen molar-refractivity contribution in [3.05, 3.63) is 29.6 Å². The summed E-state index contributed by atoms with van der Waals surface area (Å²) in [6.45, 7) is 2.90. The molecule has 1 N–H and O–H groups in total. The van der Waals surface area contributed by atoms with Crippen molar-refractivity contribution in [3.63, 3.8) is 0 Å². The predicted octanol–water partition coefficient (Wildman–Crippen LogP) is 3.50. The van der Waals surface area contributed by atoms with Gasteiger partial charge in [0.2, 0.25) is 0 Å².